The Labute approximate surface area is 110 Å². The van der Waals surface area contributed by atoms with Gasteiger partial charge in [-0.15, -0.1) is 0 Å². The topological polar surface area (TPSA) is 61.4 Å². The van der Waals surface area contributed by atoms with Gasteiger partial charge in [0.1, 0.15) is 0 Å². The molecule has 0 aromatic heterocycles. The monoisotopic (exact) mass is 254 g/mol. The fraction of sp³-hybridized carbons (Fsp3) is 0.929. The number of hydrogen-bond donors (Lipinski definition) is 3. The van der Waals surface area contributed by atoms with Crippen LogP contribution in [0.15, 0.2) is 0 Å². The summed E-state index contributed by atoms with van der Waals surface area (Å²) >= 11 is 0. The van der Waals surface area contributed by atoms with Crippen LogP contribution in [-0.2, 0) is 4.79 Å². The molecule has 3 atom stereocenters. The average Bonchev–Trinajstić information content (AvgIpc) is 2.39. The van der Waals surface area contributed by atoms with Crippen molar-refractivity contribution in [2.45, 2.75) is 51.0 Å². The number of carbonyl (C=O) groups is 1. The largest absolute Gasteiger partial charge is 0.394 e. The Kier molecular flexibility index (Phi) is 4.62. The normalized spacial score (nSPS) is 37.2. The van der Waals surface area contributed by atoms with Crippen LogP contribution in [0, 0.1) is 11.8 Å². The minimum Gasteiger partial charge on any atom is -0.394 e. The maximum Gasteiger partial charge on any atom is 0.224 e. The predicted molar refractivity (Wildman–Crippen MR) is 71.2 cm³/mol. The number of nitrogens with one attached hydrogen (secondary N) is 2. The molecule has 4 heteroatoms. The van der Waals surface area contributed by atoms with Crippen molar-refractivity contribution in [3.8, 4) is 0 Å². The molecule has 2 unspecified atom stereocenters. The summed E-state index contributed by atoms with van der Waals surface area (Å²) in [6.45, 7) is 4.08. The SMILES string of the molecule is CC1CCCC(CO)(NC(=O)[C@@H]2CCCNC2)C1. The Hall–Kier alpha value is -0.610. The maximum absolute atomic E-state index is 12.3. The zero-order valence-electron chi connectivity index (χ0n) is 11.4. The summed E-state index contributed by atoms with van der Waals surface area (Å²) < 4.78 is 0. The summed E-state index contributed by atoms with van der Waals surface area (Å²) in [7, 11) is 0. The Morgan fingerprint density at radius 2 is 2.28 bits per heavy atom. The van der Waals surface area contributed by atoms with E-state index in [1.165, 1.54) is 6.42 Å². The first-order valence-electron chi connectivity index (χ1n) is 7.29. The molecular weight excluding hydrogens is 228 g/mol. The Balaban J connectivity index is 1.94. The Morgan fingerprint density at radius 3 is 2.89 bits per heavy atom. The second-order valence-electron chi connectivity index (χ2n) is 6.17. The van der Waals surface area contributed by atoms with Crippen LogP contribution in [0.2, 0.25) is 0 Å². The number of carbonyl (C=O) groups excluding carboxylic acids is 1. The first-order chi connectivity index (χ1) is 8.65. The van der Waals surface area contributed by atoms with Crippen LogP contribution in [0.4, 0.5) is 0 Å². The van der Waals surface area contributed by atoms with Crippen molar-refractivity contribution in [2.24, 2.45) is 11.8 Å². The van der Waals surface area contributed by atoms with Crippen LogP contribution < -0.4 is 10.6 Å². The van der Waals surface area contributed by atoms with Gasteiger partial charge in [-0.25, -0.2) is 0 Å². The molecule has 2 fully saturated rings. The molecule has 1 saturated heterocycles. The molecule has 104 valence electrons. The number of amides is 1. The van der Waals surface area contributed by atoms with E-state index in [9.17, 15) is 9.90 Å². The van der Waals surface area contributed by atoms with E-state index in [2.05, 4.69) is 17.6 Å². The zero-order valence-corrected chi connectivity index (χ0v) is 11.4. The molecular formula is C14H26N2O2. The molecule has 1 aliphatic carbocycles. The van der Waals surface area contributed by atoms with Crippen molar-refractivity contribution in [3.63, 3.8) is 0 Å². The van der Waals surface area contributed by atoms with Crippen molar-refractivity contribution < 1.29 is 9.90 Å². The van der Waals surface area contributed by atoms with E-state index in [-0.39, 0.29) is 24.0 Å². The van der Waals surface area contributed by atoms with E-state index in [1.54, 1.807) is 0 Å². The molecule has 1 heterocycles. The van der Waals surface area contributed by atoms with Gasteiger partial charge in [-0.2, -0.15) is 0 Å². The lowest BCUT2D eigenvalue weighted by molar-refractivity contribution is -0.128. The molecule has 0 spiro atoms. The molecule has 0 radical (unpaired) electrons. The fourth-order valence-corrected chi connectivity index (χ4v) is 3.40. The van der Waals surface area contributed by atoms with Crippen molar-refractivity contribution in [1.29, 1.82) is 0 Å². The van der Waals surface area contributed by atoms with E-state index in [0.29, 0.717) is 5.92 Å². The van der Waals surface area contributed by atoms with E-state index >= 15 is 0 Å². The van der Waals surface area contributed by atoms with Crippen LogP contribution in [0.1, 0.15) is 45.4 Å². The highest BCUT2D eigenvalue weighted by Gasteiger charge is 2.37. The zero-order chi connectivity index (χ0) is 13.0. The molecule has 2 rings (SSSR count). The highest BCUT2D eigenvalue weighted by Crippen LogP contribution is 2.32. The number of aliphatic hydroxyl groups is 1. The van der Waals surface area contributed by atoms with Gasteiger partial charge in [0.15, 0.2) is 0 Å². The van der Waals surface area contributed by atoms with Gasteiger partial charge in [0.05, 0.1) is 18.1 Å². The summed E-state index contributed by atoms with van der Waals surface area (Å²) in [5.74, 6) is 0.806. The Morgan fingerprint density at radius 1 is 1.44 bits per heavy atom. The standard InChI is InChI=1S/C14H26N2O2/c1-11-4-2-6-14(8-11,10-17)16-13(18)12-5-3-7-15-9-12/h11-12,15,17H,2-10H2,1H3,(H,16,18)/t11?,12-,14?/m1/s1. The number of aliphatic hydroxyl groups excluding tert-OH is 1. The quantitative estimate of drug-likeness (QED) is 0.705. The van der Waals surface area contributed by atoms with Crippen LogP contribution in [0.25, 0.3) is 0 Å². The van der Waals surface area contributed by atoms with Gasteiger partial charge < -0.3 is 15.7 Å². The first-order valence-corrected chi connectivity index (χ1v) is 7.29. The van der Waals surface area contributed by atoms with Crippen LogP contribution >= 0.6 is 0 Å². The van der Waals surface area contributed by atoms with Crippen molar-refractivity contribution >= 4 is 5.91 Å². The number of piperidine rings is 1. The molecule has 4 nitrogen and oxygen atoms in total. The molecule has 0 aromatic carbocycles. The highest BCUT2D eigenvalue weighted by atomic mass is 16.3. The third-order valence-corrected chi connectivity index (χ3v) is 4.45. The van der Waals surface area contributed by atoms with E-state index in [1.807, 2.05) is 0 Å². The van der Waals surface area contributed by atoms with Gasteiger partial charge >= 0.3 is 0 Å². The van der Waals surface area contributed by atoms with Crippen LogP contribution in [-0.4, -0.2) is 36.2 Å². The second-order valence-corrected chi connectivity index (χ2v) is 6.17. The third-order valence-electron chi connectivity index (χ3n) is 4.45. The second kappa shape index (κ2) is 6.02. The third kappa shape index (κ3) is 3.23. The van der Waals surface area contributed by atoms with E-state index < -0.39 is 0 Å². The highest BCUT2D eigenvalue weighted by molar-refractivity contribution is 5.79. The number of rotatable bonds is 3. The molecule has 1 aliphatic heterocycles. The lowest BCUT2D eigenvalue weighted by atomic mass is 9.76. The molecule has 1 saturated carbocycles. The lowest BCUT2D eigenvalue weighted by Gasteiger charge is -2.40. The van der Waals surface area contributed by atoms with Gasteiger partial charge in [-0.1, -0.05) is 19.8 Å². The summed E-state index contributed by atoms with van der Waals surface area (Å²) in [6.07, 6.45) is 6.18. The smallest absolute Gasteiger partial charge is 0.224 e. The van der Waals surface area contributed by atoms with E-state index in [4.69, 9.17) is 0 Å². The summed E-state index contributed by atoms with van der Waals surface area (Å²) in [5.41, 5.74) is -0.355. The molecule has 0 aromatic rings. The average molecular weight is 254 g/mol. The van der Waals surface area contributed by atoms with Crippen LogP contribution in [0.3, 0.4) is 0 Å². The summed E-state index contributed by atoms with van der Waals surface area (Å²) in [5, 5.41) is 16.1. The minimum atomic E-state index is -0.355. The van der Waals surface area contributed by atoms with Gasteiger partial charge in [0, 0.05) is 6.54 Å². The minimum absolute atomic E-state index is 0.0726. The lowest BCUT2D eigenvalue weighted by Crippen LogP contribution is -2.56. The van der Waals surface area contributed by atoms with Gasteiger partial charge in [0.25, 0.3) is 0 Å². The van der Waals surface area contributed by atoms with Gasteiger partial charge in [-0.3, -0.25) is 4.79 Å². The van der Waals surface area contributed by atoms with Crippen molar-refractivity contribution in [3.05, 3.63) is 0 Å². The van der Waals surface area contributed by atoms with Crippen molar-refractivity contribution in [1.82, 2.24) is 10.6 Å². The van der Waals surface area contributed by atoms with Gasteiger partial charge in [-0.05, 0) is 38.1 Å². The van der Waals surface area contributed by atoms with Crippen molar-refractivity contribution in [2.75, 3.05) is 19.7 Å². The molecule has 1 amide bonds. The molecule has 18 heavy (non-hydrogen) atoms. The summed E-state index contributed by atoms with van der Waals surface area (Å²) in [4.78, 5) is 12.3. The maximum atomic E-state index is 12.3. The Bertz CT molecular complexity index is 290. The van der Waals surface area contributed by atoms with Gasteiger partial charge in [0.2, 0.25) is 5.91 Å². The van der Waals surface area contributed by atoms with E-state index in [0.717, 1.165) is 45.2 Å². The molecule has 3 N–H and O–H groups in total. The predicted octanol–water partition coefficient (Wildman–Crippen LogP) is 1.04. The fourth-order valence-electron chi connectivity index (χ4n) is 3.40. The van der Waals surface area contributed by atoms with Crippen LogP contribution in [0.5, 0.6) is 0 Å². The molecule has 0 bridgehead atoms. The number of hydrogen-bond acceptors (Lipinski definition) is 3. The summed E-state index contributed by atoms with van der Waals surface area (Å²) in [6, 6.07) is 0. The molecule has 2 aliphatic rings. The first kappa shape index (κ1) is 13.8.